The molecule has 0 aliphatic rings. The molecule has 0 spiro atoms. The van der Waals surface area contributed by atoms with Crippen molar-refractivity contribution in [3.8, 4) is 11.3 Å². The summed E-state index contributed by atoms with van der Waals surface area (Å²) in [7, 11) is 0. The van der Waals surface area contributed by atoms with Crippen LogP contribution in [0.4, 0.5) is 16.0 Å². The van der Waals surface area contributed by atoms with Crippen LogP contribution in [0, 0.1) is 15.9 Å². The van der Waals surface area contributed by atoms with E-state index >= 15 is 0 Å². The molecular weight excluding hydrogens is 287 g/mol. The molecule has 0 saturated heterocycles. The number of nitro groups is 1. The average Bonchev–Trinajstić information content (AvgIpc) is 2.38. The Labute approximate surface area is 118 Å². The molecule has 1 aromatic carbocycles. The molecule has 0 atom stereocenters. The lowest BCUT2D eigenvalue weighted by Gasteiger charge is -2.07. The van der Waals surface area contributed by atoms with Gasteiger partial charge in [0.15, 0.2) is 5.69 Å². The minimum Gasteiger partial charge on any atom is -0.354 e. The van der Waals surface area contributed by atoms with Gasteiger partial charge in [-0.1, -0.05) is 11.6 Å². The lowest BCUT2D eigenvalue weighted by atomic mass is 10.1. The number of anilines is 1. The predicted molar refractivity (Wildman–Crippen MR) is 73.3 cm³/mol. The van der Waals surface area contributed by atoms with E-state index in [1.165, 1.54) is 12.1 Å². The van der Waals surface area contributed by atoms with Gasteiger partial charge in [0.05, 0.1) is 9.95 Å². The van der Waals surface area contributed by atoms with Crippen LogP contribution < -0.4 is 5.32 Å². The summed E-state index contributed by atoms with van der Waals surface area (Å²) in [6, 6.07) is 3.60. The van der Waals surface area contributed by atoms with Gasteiger partial charge in [-0.15, -0.1) is 0 Å². The van der Waals surface area contributed by atoms with Crippen molar-refractivity contribution in [3.63, 3.8) is 0 Å². The fourth-order valence-electron chi connectivity index (χ4n) is 1.63. The normalized spacial score (nSPS) is 10.3. The van der Waals surface area contributed by atoms with Crippen molar-refractivity contribution < 1.29 is 9.31 Å². The van der Waals surface area contributed by atoms with Crippen LogP contribution in [0.2, 0.25) is 5.02 Å². The molecule has 6 nitrogen and oxygen atoms in total. The number of nitrogens with one attached hydrogen (secondary N) is 1. The molecule has 104 valence electrons. The summed E-state index contributed by atoms with van der Waals surface area (Å²) >= 11 is 5.93. The van der Waals surface area contributed by atoms with Crippen molar-refractivity contribution in [1.82, 2.24) is 9.97 Å². The van der Waals surface area contributed by atoms with Crippen molar-refractivity contribution in [2.75, 3.05) is 11.9 Å². The first-order valence-electron chi connectivity index (χ1n) is 5.73. The van der Waals surface area contributed by atoms with Crippen LogP contribution in [0.25, 0.3) is 11.3 Å². The number of benzene rings is 1. The molecule has 0 aliphatic carbocycles. The zero-order valence-electron chi connectivity index (χ0n) is 10.4. The predicted octanol–water partition coefficient (Wildman–Crippen LogP) is 3.28. The molecule has 1 aromatic heterocycles. The van der Waals surface area contributed by atoms with Gasteiger partial charge in [0.1, 0.15) is 12.0 Å². The Morgan fingerprint density at radius 2 is 2.25 bits per heavy atom. The third kappa shape index (κ3) is 2.83. The van der Waals surface area contributed by atoms with Crippen LogP contribution in [0.1, 0.15) is 6.92 Å². The number of aromatic nitrogens is 2. The molecule has 0 saturated carbocycles. The lowest BCUT2D eigenvalue weighted by molar-refractivity contribution is -0.384. The molecule has 0 radical (unpaired) electrons. The van der Waals surface area contributed by atoms with Gasteiger partial charge in [0, 0.05) is 12.1 Å². The quantitative estimate of drug-likeness (QED) is 0.691. The molecule has 0 unspecified atom stereocenters. The Hall–Kier alpha value is -2.28. The standard InChI is InChI=1S/C12H10ClFN4O2/c1-2-15-12-16-6-10(18(19)20)11(17-12)8-4-3-7(14)5-9(8)13/h3-6H,2H2,1H3,(H,15,16,17). The number of hydrogen-bond donors (Lipinski definition) is 1. The molecule has 2 rings (SSSR count). The van der Waals surface area contributed by atoms with Crippen LogP contribution in [0.3, 0.4) is 0 Å². The zero-order chi connectivity index (χ0) is 14.7. The van der Waals surface area contributed by atoms with Gasteiger partial charge < -0.3 is 5.32 Å². The second-order valence-corrected chi connectivity index (χ2v) is 4.25. The lowest BCUT2D eigenvalue weighted by Crippen LogP contribution is -2.05. The maximum Gasteiger partial charge on any atom is 0.313 e. The van der Waals surface area contributed by atoms with E-state index in [1.807, 2.05) is 6.92 Å². The van der Waals surface area contributed by atoms with Gasteiger partial charge in [-0.25, -0.2) is 14.4 Å². The van der Waals surface area contributed by atoms with Crippen molar-refractivity contribution in [1.29, 1.82) is 0 Å². The minimum absolute atomic E-state index is 0.0472. The monoisotopic (exact) mass is 296 g/mol. The van der Waals surface area contributed by atoms with Crippen LogP contribution in [0.15, 0.2) is 24.4 Å². The first-order valence-corrected chi connectivity index (χ1v) is 6.11. The number of nitrogens with zero attached hydrogens (tertiary/aromatic N) is 3. The highest BCUT2D eigenvalue weighted by Gasteiger charge is 2.21. The Balaban J connectivity index is 2.62. The highest BCUT2D eigenvalue weighted by molar-refractivity contribution is 6.33. The molecule has 1 heterocycles. The van der Waals surface area contributed by atoms with Crippen molar-refractivity contribution in [2.24, 2.45) is 0 Å². The number of hydrogen-bond acceptors (Lipinski definition) is 5. The van der Waals surface area contributed by atoms with Gasteiger partial charge in [-0.05, 0) is 25.1 Å². The minimum atomic E-state index is -0.606. The second kappa shape index (κ2) is 5.79. The van der Waals surface area contributed by atoms with E-state index in [1.54, 1.807) is 0 Å². The zero-order valence-corrected chi connectivity index (χ0v) is 11.2. The van der Waals surface area contributed by atoms with E-state index in [-0.39, 0.29) is 27.9 Å². The van der Waals surface area contributed by atoms with E-state index < -0.39 is 10.7 Å². The molecule has 0 amide bonds. The van der Waals surface area contributed by atoms with E-state index in [0.717, 1.165) is 12.3 Å². The third-order valence-corrected chi connectivity index (χ3v) is 2.80. The highest BCUT2D eigenvalue weighted by Crippen LogP contribution is 2.33. The molecule has 20 heavy (non-hydrogen) atoms. The second-order valence-electron chi connectivity index (χ2n) is 3.84. The molecular formula is C12H10ClFN4O2. The molecule has 0 fully saturated rings. The fraction of sp³-hybridized carbons (Fsp3) is 0.167. The van der Waals surface area contributed by atoms with Crippen LogP contribution >= 0.6 is 11.6 Å². The van der Waals surface area contributed by atoms with E-state index in [0.29, 0.717) is 6.54 Å². The largest absolute Gasteiger partial charge is 0.354 e. The summed E-state index contributed by atoms with van der Waals surface area (Å²) in [4.78, 5) is 18.3. The van der Waals surface area contributed by atoms with E-state index in [9.17, 15) is 14.5 Å². The summed E-state index contributed by atoms with van der Waals surface area (Å²) in [6.07, 6.45) is 1.10. The fourth-order valence-corrected chi connectivity index (χ4v) is 1.89. The van der Waals surface area contributed by atoms with Crippen molar-refractivity contribution in [2.45, 2.75) is 6.92 Å². The summed E-state index contributed by atoms with van der Waals surface area (Å²) in [5.41, 5.74) is 0.0347. The van der Waals surface area contributed by atoms with Crippen LogP contribution in [-0.2, 0) is 0 Å². The Bertz CT molecular complexity index is 666. The molecule has 1 N–H and O–H groups in total. The van der Waals surface area contributed by atoms with Crippen LogP contribution in [0.5, 0.6) is 0 Å². The van der Waals surface area contributed by atoms with E-state index in [2.05, 4.69) is 15.3 Å². The maximum atomic E-state index is 13.1. The van der Waals surface area contributed by atoms with Gasteiger partial charge >= 0.3 is 5.69 Å². The van der Waals surface area contributed by atoms with Gasteiger partial charge in [-0.3, -0.25) is 10.1 Å². The topological polar surface area (TPSA) is 81.0 Å². The van der Waals surface area contributed by atoms with Gasteiger partial charge in [0.2, 0.25) is 5.95 Å². The van der Waals surface area contributed by atoms with Gasteiger partial charge in [0.25, 0.3) is 0 Å². The highest BCUT2D eigenvalue weighted by atomic mass is 35.5. The molecule has 8 heteroatoms. The Morgan fingerprint density at radius 1 is 1.50 bits per heavy atom. The maximum absolute atomic E-state index is 13.1. The molecule has 0 bridgehead atoms. The molecule has 2 aromatic rings. The van der Waals surface area contributed by atoms with Crippen molar-refractivity contribution in [3.05, 3.63) is 45.4 Å². The summed E-state index contributed by atoms with van der Waals surface area (Å²) in [5.74, 6) is -0.282. The summed E-state index contributed by atoms with van der Waals surface area (Å²) in [5, 5.41) is 13.9. The number of halogens is 2. The number of rotatable bonds is 4. The van der Waals surface area contributed by atoms with Gasteiger partial charge in [-0.2, -0.15) is 0 Å². The average molecular weight is 297 g/mol. The summed E-state index contributed by atoms with van der Waals surface area (Å²) < 4.78 is 13.1. The Morgan fingerprint density at radius 3 is 2.85 bits per heavy atom. The SMILES string of the molecule is CCNc1ncc([N+](=O)[O-])c(-c2ccc(F)cc2Cl)n1. The first-order chi connectivity index (χ1) is 9.52. The van der Waals surface area contributed by atoms with Crippen LogP contribution in [-0.4, -0.2) is 21.4 Å². The first kappa shape index (κ1) is 14.1. The Kier molecular flexibility index (Phi) is 4.09. The summed E-state index contributed by atoms with van der Waals surface area (Å²) in [6.45, 7) is 2.41. The third-order valence-electron chi connectivity index (χ3n) is 2.49. The molecule has 0 aliphatic heterocycles. The van der Waals surface area contributed by atoms with Crippen molar-refractivity contribution >= 4 is 23.2 Å². The van der Waals surface area contributed by atoms with E-state index in [4.69, 9.17) is 11.6 Å². The smallest absolute Gasteiger partial charge is 0.313 e.